The van der Waals surface area contributed by atoms with E-state index < -0.39 is 4.92 Å². The monoisotopic (exact) mass is 288 g/mol. The Balaban J connectivity index is 2.15. The summed E-state index contributed by atoms with van der Waals surface area (Å²) < 4.78 is 10.3. The number of hydrogen-bond acceptors (Lipinski definition) is 5. The lowest BCUT2D eigenvalue weighted by atomic mass is 10.2. The van der Waals surface area contributed by atoms with Crippen molar-refractivity contribution in [3.05, 3.63) is 58.1 Å². The van der Waals surface area contributed by atoms with E-state index in [1.165, 1.54) is 13.2 Å². The van der Waals surface area contributed by atoms with Crippen molar-refractivity contribution in [2.75, 3.05) is 19.5 Å². The van der Waals surface area contributed by atoms with E-state index in [4.69, 9.17) is 9.47 Å². The average molecular weight is 288 g/mol. The molecule has 0 aromatic heterocycles. The molecule has 0 spiro atoms. The second-order valence-electron chi connectivity index (χ2n) is 4.31. The molecular formula is C15H16N2O4. The van der Waals surface area contributed by atoms with Gasteiger partial charge < -0.3 is 14.8 Å². The van der Waals surface area contributed by atoms with Crippen LogP contribution in [0.15, 0.2) is 42.5 Å². The van der Waals surface area contributed by atoms with Crippen LogP contribution in [0.1, 0.15) is 5.56 Å². The molecule has 0 amide bonds. The molecule has 0 atom stereocenters. The molecule has 6 nitrogen and oxygen atoms in total. The Morgan fingerprint density at radius 3 is 2.48 bits per heavy atom. The van der Waals surface area contributed by atoms with E-state index in [0.717, 1.165) is 17.0 Å². The first kappa shape index (κ1) is 14.6. The van der Waals surface area contributed by atoms with Crippen molar-refractivity contribution in [3.8, 4) is 11.5 Å². The van der Waals surface area contributed by atoms with Gasteiger partial charge in [-0.3, -0.25) is 10.1 Å². The second kappa shape index (κ2) is 6.60. The van der Waals surface area contributed by atoms with Crippen LogP contribution in [0.5, 0.6) is 11.5 Å². The van der Waals surface area contributed by atoms with E-state index in [9.17, 15) is 10.1 Å². The second-order valence-corrected chi connectivity index (χ2v) is 4.31. The summed E-state index contributed by atoms with van der Waals surface area (Å²) in [6.07, 6.45) is 0. The summed E-state index contributed by atoms with van der Waals surface area (Å²) in [4.78, 5) is 10.4. The number of anilines is 1. The lowest BCUT2D eigenvalue weighted by Crippen LogP contribution is -2.02. The molecule has 0 heterocycles. The van der Waals surface area contributed by atoms with Crippen molar-refractivity contribution in [2.45, 2.75) is 6.54 Å². The van der Waals surface area contributed by atoms with Crippen LogP contribution >= 0.6 is 0 Å². The normalized spacial score (nSPS) is 10.0. The third kappa shape index (κ3) is 3.42. The summed E-state index contributed by atoms with van der Waals surface area (Å²) in [6, 6.07) is 12.3. The number of rotatable bonds is 6. The van der Waals surface area contributed by atoms with Gasteiger partial charge in [0.05, 0.1) is 19.1 Å². The first-order valence-electron chi connectivity index (χ1n) is 6.34. The summed E-state index contributed by atoms with van der Waals surface area (Å²) in [5.74, 6) is 1.02. The molecule has 2 aromatic carbocycles. The zero-order valence-electron chi connectivity index (χ0n) is 11.8. The minimum absolute atomic E-state index is 0.0552. The zero-order chi connectivity index (χ0) is 15.2. The Kier molecular flexibility index (Phi) is 4.61. The number of ether oxygens (including phenoxy) is 2. The number of hydrogen-bond donors (Lipinski definition) is 1. The molecular weight excluding hydrogens is 272 g/mol. The maximum Gasteiger partial charge on any atom is 0.311 e. The van der Waals surface area contributed by atoms with Gasteiger partial charge in [-0.25, -0.2) is 0 Å². The van der Waals surface area contributed by atoms with E-state index in [1.54, 1.807) is 19.2 Å². The van der Waals surface area contributed by atoms with Gasteiger partial charge in [0.15, 0.2) is 5.75 Å². The van der Waals surface area contributed by atoms with Gasteiger partial charge in [-0.2, -0.15) is 0 Å². The Labute approximate surface area is 122 Å². The highest BCUT2D eigenvalue weighted by Gasteiger charge is 2.14. The standard InChI is InChI=1S/C15H16N2O4/c1-20-14-6-4-3-5-11(14)10-16-12-7-8-13(17(18)19)15(9-12)21-2/h3-9,16H,10H2,1-2H3. The number of nitrogens with zero attached hydrogens (tertiary/aromatic N) is 1. The summed E-state index contributed by atoms with van der Waals surface area (Å²) in [5, 5.41) is 14.0. The Morgan fingerprint density at radius 1 is 1.10 bits per heavy atom. The van der Waals surface area contributed by atoms with Crippen molar-refractivity contribution in [2.24, 2.45) is 0 Å². The van der Waals surface area contributed by atoms with Gasteiger partial charge in [-0.05, 0) is 12.1 Å². The van der Waals surface area contributed by atoms with Crippen LogP contribution in [-0.2, 0) is 6.54 Å². The fourth-order valence-corrected chi connectivity index (χ4v) is 1.98. The number of nitro groups is 1. The van der Waals surface area contributed by atoms with Crippen molar-refractivity contribution >= 4 is 11.4 Å². The fourth-order valence-electron chi connectivity index (χ4n) is 1.98. The van der Waals surface area contributed by atoms with Gasteiger partial charge in [-0.15, -0.1) is 0 Å². The number of nitrogens with one attached hydrogen (secondary N) is 1. The predicted molar refractivity (Wildman–Crippen MR) is 80.0 cm³/mol. The molecule has 2 aromatic rings. The van der Waals surface area contributed by atoms with E-state index in [1.807, 2.05) is 24.3 Å². The smallest absolute Gasteiger partial charge is 0.311 e. The molecule has 0 saturated heterocycles. The van der Waals surface area contributed by atoms with Gasteiger partial charge in [0.2, 0.25) is 0 Å². The van der Waals surface area contributed by atoms with E-state index in [-0.39, 0.29) is 11.4 Å². The molecule has 2 rings (SSSR count). The minimum Gasteiger partial charge on any atom is -0.496 e. The summed E-state index contributed by atoms with van der Waals surface area (Å²) in [6.45, 7) is 0.547. The summed E-state index contributed by atoms with van der Waals surface area (Å²) in [7, 11) is 3.03. The molecule has 1 N–H and O–H groups in total. The molecule has 0 fully saturated rings. The number of nitro benzene ring substituents is 1. The molecule has 0 aliphatic heterocycles. The number of benzene rings is 2. The van der Waals surface area contributed by atoms with Crippen LogP contribution < -0.4 is 14.8 Å². The third-order valence-electron chi connectivity index (χ3n) is 3.05. The Hall–Kier alpha value is -2.76. The first-order chi connectivity index (χ1) is 10.2. The highest BCUT2D eigenvalue weighted by Crippen LogP contribution is 2.30. The summed E-state index contributed by atoms with van der Waals surface area (Å²) in [5.41, 5.74) is 1.68. The third-order valence-corrected chi connectivity index (χ3v) is 3.05. The van der Waals surface area contributed by atoms with Gasteiger partial charge in [0, 0.05) is 29.9 Å². The molecule has 110 valence electrons. The molecule has 0 unspecified atom stereocenters. The highest BCUT2D eigenvalue weighted by molar-refractivity contribution is 5.58. The zero-order valence-corrected chi connectivity index (χ0v) is 11.8. The largest absolute Gasteiger partial charge is 0.496 e. The first-order valence-corrected chi connectivity index (χ1v) is 6.34. The average Bonchev–Trinajstić information content (AvgIpc) is 2.52. The van der Waals surface area contributed by atoms with Crippen molar-refractivity contribution < 1.29 is 14.4 Å². The summed E-state index contributed by atoms with van der Waals surface area (Å²) >= 11 is 0. The maximum absolute atomic E-state index is 10.8. The number of para-hydroxylation sites is 1. The van der Waals surface area contributed by atoms with Crippen LogP contribution in [0.25, 0.3) is 0 Å². The maximum atomic E-state index is 10.8. The van der Waals surface area contributed by atoms with Crippen LogP contribution in [0.4, 0.5) is 11.4 Å². The van der Waals surface area contributed by atoms with Gasteiger partial charge in [0.1, 0.15) is 5.75 Å². The van der Waals surface area contributed by atoms with Crippen LogP contribution in [0.2, 0.25) is 0 Å². The van der Waals surface area contributed by atoms with Crippen LogP contribution in [0.3, 0.4) is 0 Å². The SMILES string of the molecule is COc1ccccc1CNc1ccc([N+](=O)[O-])c(OC)c1. The van der Waals surface area contributed by atoms with Crippen molar-refractivity contribution in [1.82, 2.24) is 0 Å². The van der Waals surface area contributed by atoms with Crippen LogP contribution in [-0.4, -0.2) is 19.1 Å². The molecule has 0 saturated carbocycles. The molecule has 0 radical (unpaired) electrons. The van der Waals surface area contributed by atoms with E-state index in [0.29, 0.717) is 6.54 Å². The van der Waals surface area contributed by atoms with Crippen LogP contribution in [0, 0.1) is 10.1 Å². The lowest BCUT2D eigenvalue weighted by Gasteiger charge is -2.11. The Morgan fingerprint density at radius 2 is 1.81 bits per heavy atom. The number of methoxy groups -OCH3 is 2. The molecule has 0 aliphatic carbocycles. The molecule has 21 heavy (non-hydrogen) atoms. The van der Waals surface area contributed by atoms with Crippen molar-refractivity contribution in [3.63, 3.8) is 0 Å². The topological polar surface area (TPSA) is 73.6 Å². The van der Waals surface area contributed by atoms with E-state index in [2.05, 4.69) is 5.32 Å². The highest BCUT2D eigenvalue weighted by atomic mass is 16.6. The predicted octanol–water partition coefficient (Wildman–Crippen LogP) is 3.22. The molecule has 0 bridgehead atoms. The minimum atomic E-state index is -0.469. The molecule has 0 aliphatic rings. The fraction of sp³-hybridized carbons (Fsp3) is 0.200. The Bertz CT molecular complexity index is 643. The van der Waals surface area contributed by atoms with E-state index >= 15 is 0 Å². The van der Waals surface area contributed by atoms with Gasteiger partial charge >= 0.3 is 5.69 Å². The van der Waals surface area contributed by atoms with Gasteiger partial charge in [-0.1, -0.05) is 18.2 Å². The van der Waals surface area contributed by atoms with Gasteiger partial charge in [0.25, 0.3) is 0 Å². The van der Waals surface area contributed by atoms with Crippen molar-refractivity contribution in [1.29, 1.82) is 0 Å². The molecule has 6 heteroatoms. The quantitative estimate of drug-likeness (QED) is 0.652. The lowest BCUT2D eigenvalue weighted by molar-refractivity contribution is -0.385.